The third-order valence-corrected chi connectivity index (χ3v) is 10.5. The summed E-state index contributed by atoms with van der Waals surface area (Å²) in [6.07, 6.45) is 5.78. The van der Waals surface area contributed by atoms with Crippen LogP contribution in [-0.2, 0) is 0 Å². The van der Waals surface area contributed by atoms with Crippen LogP contribution in [0.4, 0.5) is 0 Å². The topological polar surface area (TPSA) is 0 Å². The fourth-order valence-corrected chi connectivity index (χ4v) is 7.98. The van der Waals surface area contributed by atoms with Crippen LogP contribution in [0.5, 0.6) is 0 Å². The molecule has 0 heterocycles. The first-order valence-electron chi connectivity index (χ1n) is 6.63. The lowest BCUT2D eigenvalue weighted by molar-refractivity contribution is 0.773. The summed E-state index contributed by atoms with van der Waals surface area (Å²) in [5.41, 5.74) is 0. The molecule has 0 amide bonds. The Morgan fingerprint density at radius 2 is 0.875 bits per heavy atom. The lowest BCUT2D eigenvalue weighted by Gasteiger charge is -2.35. The van der Waals surface area contributed by atoms with Crippen molar-refractivity contribution >= 4 is 15.8 Å². The van der Waals surface area contributed by atoms with Gasteiger partial charge in [-0.2, -0.15) is 0 Å². The van der Waals surface area contributed by atoms with E-state index in [1.54, 1.807) is 0 Å². The standard InChI is InChI=1S/C14H32P2/c1-9-15(13(3,4)5)11-12-16(10-2)14(6,7)8/h9-12H2,1-8H3. The molecular weight excluding hydrogens is 230 g/mol. The maximum atomic E-state index is 2.42. The smallest absolute Gasteiger partial charge is 0.0179 e. The molecule has 2 atom stereocenters. The van der Waals surface area contributed by atoms with E-state index >= 15 is 0 Å². The first kappa shape index (κ1) is 16.9. The monoisotopic (exact) mass is 262 g/mol. The highest BCUT2D eigenvalue weighted by atomic mass is 31.1. The molecule has 16 heavy (non-hydrogen) atoms. The third kappa shape index (κ3) is 5.97. The van der Waals surface area contributed by atoms with Crippen LogP contribution in [-0.4, -0.2) is 35.0 Å². The molecule has 0 spiro atoms. The Hall–Kier alpha value is 0.860. The fourth-order valence-electron chi connectivity index (χ4n) is 2.18. The van der Waals surface area contributed by atoms with E-state index in [4.69, 9.17) is 0 Å². The van der Waals surface area contributed by atoms with Crippen molar-refractivity contribution in [1.82, 2.24) is 0 Å². The largest absolute Gasteiger partial charge is 0.101 e. The molecule has 0 aromatic rings. The summed E-state index contributed by atoms with van der Waals surface area (Å²) in [5.74, 6) is 0. The van der Waals surface area contributed by atoms with E-state index in [1.807, 2.05) is 0 Å². The van der Waals surface area contributed by atoms with Gasteiger partial charge >= 0.3 is 0 Å². The van der Waals surface area contributed by atoms with Crippen molar-refractivity contribution in [2.75, 3.05) is 24.6 Å². The number of rotatable bonds is 5. The van der Waals surface area contributed by atoms with E-state index in [1.165, 1.54) is 24.6 Å². The van der Waals surface area contributed by atoms with Gasteiger partial charge in [0.15, 0.2) is 0 Å². The molecule has 0 radical (unpaired) electrons. The van der Waals surface area contributed by atoms with E-state index in [-0.39, 0.29) is 15.8 Å². The SMILES string of the molecule is CCP(CCP(CC)C(C)(C)C)C(C)(C)C. The first-order chi connectivity index (χ1) is 7.12. The second-order valence-corrected chi connectivity index (χ2v) is 13.5. The van der Waals surface area contributed by atoms with Gasteiger partial charge in [0, 0.05) is 0 Å². The quantitative estimate of drug-likeness (QED) is 0.567. The van der Waals surface area contributed by atoms with Crippen molar-refractivity contribution in [2.24, 2.45) is 0 Å². The molecule has 0 rings (SSSR count). The molecule has 0 aromatic heterocycles. The van der Waals surface area contributed by atoms with Crippen LogP contribution in [0.3, 0.4) is 0 Å². The minimum absolute atomic E-state index is 0.231. The summed E-state index contributed by atoms with van der Waals surface area (Å²) >= 11 is 0. The van der Waals surface area contributed by atoms with Crippen LogP contribution < -0.4 is 0 Å². The second kappa shape index (κ2) is 6.70. The molecule has 0 saturated carbocycles. The second-order valence-electron chi connectivity index (χ2n) is 6.50. The maximum Gasteiger partial charge on any atom is -0.0179 e. The van der Waals surface area contributed by atoms with Crippen molar-refractivity contribution in [1.29, 1.82) is 0 Å². The first-order valence-corrected chi connectivity index (χ1v) is 10.1. The number of hydrogen-bond donors (Lipinski definition) is 0. The molecule has 98 valence electrons. The molecule has 0 bridgehead atoms. The molecule has 0 fully saturated rings. The molecule has 2 heteroatoms. The van der Waals surface area contributed by atoms with Gasteiger partial charge in [0.25, 0.3) is 0 Å². The fraction of sp³-hybridized carbons (Fsp3) is 1.00. The zero-order valence-corrected chi connectivity index (χ0v) is 14.5. The van der Waals surface area contributed by atoms with E-state index in [2.05, 4.69) is 55.4 Å². The summed E-state index contributed by atoms with van der Waals surface area (Å²) in [7, 11) is 0.463. The van der Waals surface area contributed by atoms with Crippen molar-refractivity contribution in [2.45, 2.75) is 65.7 Å². The lowest BCUT2D eigenvalue weighted by atomic mass is 10.3. The summed E-state index contributed by atoms with van der Waals surface area (Å²) in [5, 5.41) is 1.10. The molecule has 0 aliphatic heterocycles. The van der Waals surface area contributed by atoms with E-state index in [0.29, 0.717) is 10.3 Å². The van der Waals surface area contributed by atoms with Gasteiger partial charge in [-0.25, -0.2) is 0 Å². The van der Waals surface area contributed by atoms with Gasteiger partial charge in [-0.15, -0.1) is 15.8 Å². The molecule has 0 saturated heterocycles. The normalized spacial score (nSPS) is 17.2. The molecule has 2 unspecified atom stereocenters. The molecule has 0 aliphatic carbocycles. The van der Waals surface area contributed by atoms with E-state index < -0.39 is 0 Å². The van der Waals surface area contributed by atoms with Crippen molar-refractivity contribution in [3.8, 4) is 0 Å². The van der Waals surface area contributed by atoms with Crippen LogP contribution in [0.15, 0.2) is 0 Å². The average molecular weight is 262 g/mol. The third-order valence-electron chi connectivity index (χ3n) is 3.30. The molecule has 0 aromatic carbocycles. The van der Waals surface area contributed by atoms with E-state index in [0.717, 1.165) is 0 Å². The average Bonchev–Trinajstić information content (AvgIpc) is 2.08. The predicted molar refractivity (Wildman–Crippen MR) is 84.2 cm³/mol. The number of hydrogen-bond acceptors (Lipinski definition) is 0. The van der Waals surface area contributed by atoms with Crippen LogP contribution in [0.1, 0.15) is 55.4 Å². The van der Waals surface area contributed by atoms with Gasteiger partial charge in [0.05, 0.1) is 0 Å². The van der Waals surface area contributed by atoms with Crippen molar-refractivity contribution in [3.05, 3.63) is 0 Å². The Labute approximate surface area is 106 Å². The zero-order valence-electron chi connectivity index (χ0n) is 12.7. The highest BCUT2D eigenvalue weighted by Crippen LogP contribution is 2.55. The van der Waals surface area contributed by atoms with E-state index in [9.17, 15) is 0 Å². The van der Waals surface area contributed by atoms with Crippen LogP contribution in [0, 0.1) is 0 Å². The summed E-state index contributed by atoms with van der Waals surface area (Å²) in [6.45, 7) is 19.3. The van der Waals surface area contributed by atoms with Crippen molar-refractivity contribution < 1.29 is 0 Å². The predicted octanol–water partition coefficient (Wildman–Crippen LogP) is 5.59. The van der Waals surface area contributed by atoms with Gasteiger partial charge in [-0.3, -0.25) is 0 Å². The van der Waals surface area contributed by atoms with Crippen LogP contribution in [0.25, 0.3) is 0 Å². The Morgan fingerprint density at radius 3 is 1.00 bits per heavy atom. The molecule has 0 nitrogen and oxygen atoms in total. The molecule has 0 aliphatic rings. The highest BCUT2D eigenvalue weighted by molar-refractivity contribution is 7.63. The zero-order chi connectivity index (χ0) is 13.0. The minimum Gasteiger partial charge on any atom is -0.101 e. The Bertz CT molecular complexity index is 164. The van der Waals surface area contributed by atoms with Gasteiger partial charge in [0.2, 0.25) is 0 Å². The summed E-state index contributed by atoms with van der Waals surface area (Å²) < 4.78 is 0. The Kier molecular flexibility index (Phi) is 7.06. The van der Waals surface area contributed by atoms with Crippen LogP contribution >= 0.6 is 15.8 Å². The summed E-state index contributed by atoms with van der Waals surface area (Å²) in [6, 6.07) is 0. The van der Waals surface area contributed by atoms with Gasteiger partial charge in [-0.05, 0) is 35.0 Å². The Morgan fingerprint density at radius 1 is 0.625 bits per heavy atom. The highest BCUT2D eigenvalue weighted by Gasteiger charge is 2.26. The van der Waals surface area contributed by atoms with Gasteiger partial charge in [-0.1, -0.05) is 55.4 Å². The summed E-state index contributed by atoms with van der Waals surface area (Å²) in [4.78, 5) is 0. The van der Waals surface area contributed by atoms with Gasteiger partial charge < -0.3 is 0 Å². The lowest BCUT2D eigenvalue weighted by Crippen LogP contribution is -2.19. The maximum absolute atomic E-state index is 2.42. The van der Waals surface area contributed by atoms with Crippen LogP contribution in [0.2, 0.25) is 0 Å². The van der Waals surface area contributed by atoms with Crippen molar-refractivity contribution in [3.63, 3.8) is 0 Å². The molecule has 0 N–H and O–H groups in total. The minimum atomic E-state index is 0.231. The Balaban J connectivity index is 4.30. The van der Waals surface area contributed by atoms with Gasteiger partial charge in [0.1, 0.15) is 0 Å². The molecular formula is C14H32P2.